The number of nitrogen functional groups attached to an aromatic ring is 1. The quantitative estimate of drug-likeness (QED) is 0.229. The van der Waals surface area contributed by atoms with Crippen molar-refractivity contribution in [3.05, 3.63) is 65.9 Å². The molecule has 0 radical (unpaired) electrons. The molecule has 238 valence electrons. The summed E-state index contributed by atoms with van der Waals surface area (Å²) in [5.74, 6) is -0.931. The van der Waals surface area contributed by atoms with Gasteiger partial charge in [-0.25, -0.2) is 0 Å². The van der Waals surface area contributed by atoms with Crippen molar-refractivity contribution in [3.63, 3.8) is 0 Å². The number of benzene rings is 2. The van der Waals surface area contributed by atoms with Crippen LogP contribution in [0.1, 0.15) is 49.8 Å². The fraction of sp³-hybridized carbons (Fsp3) is 0.424. The van der Waals surface area contributed by atoms with Crippen LogP contribution in [0.4, 0.5) is 24.9 Å². The number of aryl methyl sites for hydroxylation is 2. The first kappa shape index (κ1) is 30.7. The van der Waals surface area contributed by atoms with Gasteiger partial charge in [-0.15, -0.1) is 0 Å². The average molecular weight is 623 g/mol. The highest BCUT2D eigenvalue weighted by Gasteiger charge is 2.50. The third kappa shape index (κ3) is 5.90. The van der Waals surface area contributed by atoms with Crippen LogP contribution in [-0.4, -0.2) is 57.0 Å². The summed E-state index contributed by atoms with van der Waals surface area (Å²) in [6, 6.07) is 13.1. The van der Waals surface area contributed by atoms with Crippen LogP contribution in [0.15, 0.2) is 54.7 Å². The second kappa shape index (κ2) is 11.6. The van der Waals surface area contributed by atoms with Gasteiger partial charge in [0.2, 0.25) is 17.9 Å². The van der Waals surface area contributed by atoms with Gasteiger partial charge in [0.15, 0.2) is 0 Å². The van der Waals surface area contributed by atoms with E-state index >= 15 is 0 Å². The number of hydrogen-bond acceptors (Lipinski definition) is 7. The summed E-state index contributed by atoms with van der Waals surface area (Å²) in [4.78, 5) is 21.9. The number of nitrogens with one attached hydrogen (secondary N) is 1. The van der Waals surface area contributed by atoms with E-state index in [-0.39, 0.29) is 28.8 Å². The number of carboxylic acids is 1. The number of nitrogens with two attached hydrogens (primary N) is 1. The zero-order valence-corrected chi connectivity index (χ0v) is 25.4. The highest BCUT2D eigenvalue weighted by molar-refractivity contribution is 5.88. The Morgan fingerprint density at radius 2 is 1.82 bits per heavy atom. The topological polar surface area (TPSA) is 119 Å². The number of halogens is 3. The fourth-order valence-electron chi connectivity index (χ4n) is 7.19. The number of nitrogens with zero attached hydrogens (tertiary/aromatic N) is 4. The van der Waals surface area contributed by atoms with E-state index in [2.05, 4.69) is 15.3 Å². The zero-order chi connectivity index (χ0) is 32.1. The van der Waals surface area contributed by atoms with Gasteiger partial charge in [0.25, 0.3) is 0 Å². The molecule has 12 heteroatoms. The molecule has 1 spiro atoms. The molecule has 45 heavy (non-hydrogen) atoms. The lowest BCUT2D eigenvalue weighted by molar-refractivity contribution is -0.198. The molecule has 2 aliphatic rings. The predicted molar refractivity (Wildman–Crippen MR) is 166 cm³/mol. The Bertz CT molecular complexity index is 1710. The Kier molecular flexibility index (Phi) is 7.88. The third-order valence-electron chi connectivity index (χ3n) is 9.52. The summed E-state index contributed by atoms with van der Waals surface area (Å²) in [5, 5.41) is 13.9. The number of aliphatic carboxylic acids is 1. The largest absolute Gasteiger partial charge is 0.480 e. The van der Waals surface area contributed by atoms with Gasteiger partial charge in [0.1, 0.15) is 11.9 Å². The van der Waals surface area contributed by atoms with Crippen molar-refractivity contribution in [1.82, 2.24) is 19.9 Å². The number of carbonyl (C=O) groups is 1. The number of rotatable bonds is 7. The van der Waals surface area contributed by atoms with Crippen LogP contribution in [0.5, 0.6) is 5.88 Å². The lowest BCUT2D eigenvalue weighted by Crippen LogP contribution is -2.46. The van der Waals surface area contributed by atoms with E-state index in [9.17, 15) is 23.1 Å². The highest BCUT2D eigenvalue weighted by Crippen LogP contribution is 2.46. The van der Waals surface area contributed by atoms with Crippen molar-refractivity contribution in [1.29, 1.82) is 0 Å². The van der Waals surface area contributed by atoms with Crippen LogP contribution < -0.4 is 20.7 Å². The van der Waals surface area contributed by atoms with Crippen LogP contribution in [0.3, 0.4) is 0 Å². The number of fused-ring (bicyclic) bond motifs is 1. The molecule has 0 saturated carbocycles. The Balaban J connectivity index is 1.20. The van der Waals surface area contributed by atoms with Crippen molar-refractivity contribution < 1.29 is 27.8 Å². The van der Waals surface area contributed by atoms with Crippen molar-refractivity contribution >= 4 is 28.6 Å². The van der Waals surface area contributed by atoms with Gasteiger partial charge in [-0.05, 0) is 66.8 Å². The van der Waals surface area contributed by atoms with Gasteiger partial charge < -0.3 is 30.4 Å². The molecule has 2 aromatic carbocycles. The van der Waals surface area contributed by atoms with E-state index in [0.29, 0.717) is 25.3 Å². The van der Waals surface area contributed by atoms with E-state index in [1.807, 2.05) is 54.8 Å². The normalized spacial score (nSPS) is 20.5. The Labute approximate surface area is 259 Å². The molecular weight excluding hydrogens is 585 g/mol. The SMILES string of the molecule is CCC1NC(C(=O)O)CC12CCN(c1cc(O[C@H](c3ccc(-c4ccc5c(c4)c(C)cn5C)cc3)C(F)(F)F)nc(N)n1)CC2. The molecule has 0 aliphatic carbocycles. The molecule has 2 unspecified atom stereocenters. The summed E-state index contributed by atoms with van der Waals surface area (Å²) in [6.07, 6.45) is -2.15. The number of hydrogen-bond donors (Lipinski definition) is 3. The number of anilines is 2. The lowest BCUT2D eigenvalue weighted by atomic mass is 9.71. The highest BCUT2D eigenvalue weighted by atomic mass is 19.4. The molecular formula is C33H37F3N6O3. The number of alkyl halides is 3. The minimum absolute atomic E-state index is 0.0609. The van der Waals surface area contributed by atoms with Gasteiger partial charge in [0, 0.05) is 54.9 Å². The summed E-state index contributed by atoms with van der Waals surface area (Å²) in [7, 11) is 1.98. The van der Waals surface area contributed by atoms with Crippen LogP contribution in [0, 0.1) is 12.3 Å². The first-order valence-electron chi connectivity index (χ1n) is 15.1. The molecule has 0 bridgehead atoms. The molecule has 9 nitrogen and oxygen atoms in total. The van der Waals surface area contributed by atoms with Crippen LogP contribution in [0.25, 0.3) is 22.0 Å². The van der Waals surface area contributed by atoms with E-state index in [0.717, 1.165) is 46.9 Å². The first-order valence-corrected chi connectivity index (χ1v) is 15.1. The van der Waals surface area contributed by atoms with Gasteiger partial charge in [-0.2, -0.15) is 23.1 Å². The molecule has 4 N–H and O–H groups in total. The summed E-state index contributed by atoms with van der Waals surface area (Å²) < 4.78 is 50.6. The second-order valence-electron chi connectivity index (χ2n) is 12.3. The Morgan fingerprint density at radius 1 is 1.13 bits per heavy atom. The monoisotopic (exact) mass is 622 g/mol. The molecule has 2 saturated heterocycles. The summed E-state index contributed by atoms with van der Waals surface area (Å²) >= 11 is 0. The molecule has 6 rings (SSSR count). The minimum atomic E-state index is -4.72. The first-order chi connectivity index (χ1) is 21.4. The maximum absolute atomic E-state index is 14.4. The fourth-order valence-corrected chi connectivity index (χ4v) is 7.19. The van der Waals surface area contributed by atoms with Gasteiger partial charge in [0.05, 0.1) is 0 Å². The Hall–Kier alpha value is -4.32. The van der Waals surface area contributed by atoms with E-state index in [4.69, 9.17) is 10.5 Å². The predicted octanol–water partition coefficient (Wildman–Crippen LogP) is 6.02. The van der Waals surface area contributed by atoms with Gasteiger partial charge in [-0.3, -0.25) is 4.79 Å². The van der Waals surface area contributed by atoms with Crippen LogP contribution >= 0.6 is 0 Å². The van der Waals surface area contributed by atoms with Crippen molar-refractivity contribution in [2.45, 2.75) is 63.9 Å². The lowest BCUT2D eigenvalue weighted by Gasteiger charge is -2.43. The smallest absolute Gasteiger partial charge is 0.429 e. The Morgan fingerprint density at radius 3 is 2.47 bits per heavy atom. The number of carboxylic acid groups (broad SMARTS) is 1. The third-order valence-corrected chi connectivity index (χ3v) is 9.52. The maximum Gasteiger partial charge on any atom is 0.429 e. The van der Waals surface area contributed by atoms with Crippen molar-refractivity contribution in [2.24, 2.45) is 12.5 Å². The van der Waals surface area contributed by atoms with Crippen LogP contribution in [0.2, 0.25) is 0 Å². The van der Waals surface area contributed by atoms with E-state index < -0.39 is 24.3 Å². The number of aromatic nitrogens is 3. The molecule has 4 heterocycles. The standard InChI is InChI=1S/C33H37F3N6O3/c1-4-26-32(17-24(38-26)30(43)44)11-13-42(14-12-32)27-16-28(40-31(37)39-27)45-29(33(34,35)36)21-7-5-20(6-8-21)22-9-10-25-23(15-22)19(2)18-41(25)3/h5-10,15-16,18,24,26,29,38H,4,11-14,17H2,1-3H3,(H,43,44)(H2,37,39,40)/t24?,26?,29-/m1/s1. The molecule has 3 atom stereocenters. The number of ether oxygens (including phenoxy) is 1. The molecule has 2 aromatic heterocycles. The summed E-state index contributed by atoms with van der Waals surface area (Å²) in [5.41, 5.74) is 9.63. The molecule has 2 aliphatic heterocycles. The maximum atomic E-state index is 14.4. The number of piperidine rings is 1. The van der Waals surface area contributed by atoms with Crippen LogP contribution in [-0.2, 0) is 11.8 Å². The average Bonchev–Trinajstić information content (AvgIpc) is 3.51. The van der Waals surface area contributed by atoms with Gasteiger partial charge >= 0.3 is 12.1 Å². The van der Waals surface area contributed by atoms with E-state index in [1.54, 1.807) is 12.1 Å². The van der Waals surface area contributed by atoms with E-state index in [1.165, 1.54) is 18.2 Å². The molecule has 0 amide bonds. The zero-order valence-electron chi connectivity index (χ0n) is 25.4. The van der Waals surface area contributed by atoms with Gasteiger partial charge in [-0.1, -0.05) is 37.3 Å². The molecule has 2 fully saturated rings. The van der Waals surface area contributed by atoms with Crippen molar-refractivity contribution in [3.8, 4) is 17.0 Å². The molecule has 4 aromatic rings. The minimum Gasteiger partial charge on any atom is -0.480 e. The van der Waals surface area contributed by atoms with Crippen molar-refractivity contribution in [2.75, 3.05) is 23.7 Å². The second-order valence-corrected chi connectivity index (χ2v) is 12.3. The summed E-state index contributed by atoms with van der Waals surface area (Å²) in [6.45, 7) is 5.18.